The van der Waals surface area contributed by atoms with Crippen LogP contribution in [0.25, 0.3) is 11.1 Å². The minimum atomic E-state index is -1.07. The van der Waals surface area contributed by atoms with Crippen LogP contribution < -0.4 is 10.6 Å². The van der Waals surface area contributed by atoms with E-state index in [1.165, 1.54) is 18.2 Å². The van der Waals surface area contributed by atoms with Gasteiger partial charge in [0.15, 0.2) is 0 Å². The van der Waals surface area contributed by atoms with Crippen LogP contribution in [0, 0.1) is 11.3 Å². The Bertz CT molecular complexity index is 1100. The maximum absolute atomic E-state index is 12.9. The maximum atomic E-state index is 12.9. The number of carbonyl (C=O) groups is 3. The van der Waals surface area contributed by atoms with Gasteiger partial charge in [-0.15, -0.1) is 0 Å². The minimum Gasteiger partial charge on any atom is -0.480 e. The lowest BCUT2D eigenvalue weighted by Crippen LogP contribution is -2.45. The summed E-state index contributed by atoms with van der Waals surface area (Å²) in [5, 5.41) is 15.0. The predicted octanol–water partition coefficient (Wildman–Crippen LogP) is 3.30. The van der Waals surface area contributed by atoms with E-state index in [2.05, 4.69) is 34.9 Å². The summed E-state index contributed by atoms with van der Waals surface area (Å²) in [4.78, 5) is 37.0. The Morgan fingerprint density at radius 2 is 1.71 bits per heavy atom. The molecular formula is C27H30N2O6. The number of benzene rings is 2. The van der Waals surface area contributed by atoms with Crippen molar-refractivity contribution in [3.05, 3.63) is 59.7 Å². The number of ether oxygens (including phenoxy) is 2. The third-order valence-corrected chi connectivity index (χ3v) is 7.74. The molecule has 3 aliphatic rings. The third-order valence-electron chi connectivity index (χ3n) is 7.74. The molecule has 0 spiro atoms. The SMILES string of the molecule is COCCC(NC(=O)C12CC(NC(=O)OCC3c4ccccc4-c4ccccc43)CC1C2)C(=O)O. The van der Waals surface area contributed by atoms with Crippen LogP contribution in [0.1, 0.15) is 42.7 Å². The lowest BCUT2D eigenvalue weighted by atomic mass is 9.98. The average molecular weight is 479 g/mol. The molecule has 8 heteroatoms. The number of fused-ring (bicyclic) bond motifs is 4. The van der Waals surface area contributed by atoms with Crippen molar-refractivity contribution in [1.82, 2.24) is 10.6 Å². The van der Waals surface area contributed by atoms with Gasteiger partial charge in [-0.25, -0.2) is 9.59 Å². The summed E-state index contributed by atoms with van der Waals surface area (Å²) in [5.41, 5.74) is 4.06. The van der Waals surface area contributed by atoms with Crippen LogP contribution in [0.2, 0.25) is 0 Å². The number of rotatable bonds is 9. The molecule has 2 fully saturated rings. The Morgan fingerprint density at radius 1 is 1.06 bits per heavy atom. The van der Waals surface area contributed by atoms with E-state index < -0.39 is 23.5 Å². The van der Waals surface area contributed by atoms with Gasteiger partial charge in [0.05, 0.1) is 5.41 Å². The van der Waals surface area contributed by atoms with Gasteiger partial charge in [-0.3, -0.25) is 4.79 Å². The Balaban J connectivity index is 1.15. The van der Waals surface area contributed by atoms with E-state index in [0.717, 1.165) is 17.5 Å². The molecular weight excluding hydrogens is 448 g/mol. The van der Waals surface area contributed by atoms with Crippen LogP contribution in [-0.2, 0) is 19.1 Å². The normalized spacial score (nSPS) is 24.6. The van der Waals surface area contributed by atoms with Crippen molar-refractivity contribution < 1.29 is 29.0 Å². The summed E-state index contributed by atoms with van der Waals surface area (Å²) in [6.07, 6.45) is 1.62. The smallest absolute Gasteiger partial charge is 0.407 e. The van der Waals surface area contributed by atoms with Crippen molar-refractivity contribution in [3.8, 4) is 11.1 Å². The van der Waals surface area contributed by atoms with E-state index in [4.69, 9.17) is 9.47 Å². The minimum absolute atomic E-state index is 0.0118. The molecule has 0 saturated heterocycles. The number of nitrogens with one attached hydrogen (secondary N) is 2. The van der Waals surface area contributed by atoms with E-state index >= 15 is 0 Å². The van der Waals surface area contributed by atoms with E-state index in [1.807, 2.05) is 24.3 Å². The van der Waals surface area contributed by atoms with Gasteiger partial charge in [0.2, 0.25) is 5.91 Å². The highest BCUT2D eigenvalue weighted by atomic mass is 16.5. The summed E-state index contributed by atoms with van der Waals surface area (Å²) in [6.45, 7) is 0.487. The molecule has 4 atom stereocenters. The highest BCUT2D eigenvalue weighted by Crippen LogP contribution is 2.63. The number of hydrogen-bond donors (Lipinski definition) is 3. The average Bonchev–Trinajstić information content (AvgIpc) is 3.28. The van der Waals surface area contributed by atoms with Crippen LogP contribution >= 0.6 is 0 Å². The molecule has 8 nitrogen and oxygen atoms in total. The fourth-order valence-corrected chi connectivity index (χ4v) is 5.89. The number of carboxylic acid groups (broad SMARTS) is 1. The standard InChI is InChI=1S/C27H30N2O6/c1-34-11-10-23(24(30)31)29-25(32)27-13-16(27)12-17(14-27)28-26(33)35-15-22-20-8-4-2-6-18(20)19-7-3-5-9-21(19)22/h2-9,16-17,22-23H,10-15H2,1H3,(H,28,33)(H,29,32)(H,30,31). The Morgan fingerprint density at radius 3 is 2.34 bits per heavy atom. The lowest BCUT2D eigenvalue weighted by molar-refractivity contribution is -0.143. The van der Waals surface area contributed by atoms with Gasteiger partial charge in [-0.2, -0.15) is 0 Å². The van der Waals surface area contributed by atoms with Crippen molar-refractivity contribution in [2.75, 3.05) is 20.3 Å². The summed E-state index contributed by atoms with van der Waals surface area (Å²) >= 11 is 0. The molecule has 5 rings (SSSR count). The molecule has 0 aliphatic heterocycles. The number of hydrogen-bond acceptors (Lipinski definition) is 5. The second kappa shape index (κ2) is 9.34. The molecule has 35 heavy (non-hydrogen) atoms. The molecule has 2 amide bonds. The van der Waals surface area contributed by atoms with E-state index in [1.54, 1.807) is 0 Å². The fraction of sp³-hybridized carbons (Fsp3) is 0.444. The zero-order valence-electron chi connectivity index (χ0n) is 19.7. The topological polar surface area (TPSA) is 114 Å². The van der Waals surface area contributed by atoms with Crippen LogP contribution in [0.5, 0.6) is 0 Å². The van der Waals surface area contributed by atoms with Gasteiger partial charge >= 0.3 is 12.1 Å². The quantitative estimate of drug-likeness (QED) is 0.510. The van der Waals surface area contributed by atoms with E-state index in [9.17, 15) is 19.5 Å². The Labute approximate surface area is 204 Å². The number of alkyl carbamates (subject to hydrolysis) is 1. The maximum Gasteiger partial charge on any atom is 0.407 e. The fourth-order valence-electron chi connectivity index (χ4n) is 5.89. The van der Waals surface area contributed by atoms with Crippen molar-refractivity contribution in [3.63, 3.8) is 0 Å². The van der Waals surface area contributed by atoms with E-state index in [0.29, 0.717) is 12.8 Å². The molecule has 2 aromatic carbocycles. The van der Waals surface area contributed by atoms with Gasteiger partial charge in [0, 0.05) is 32.1 Å². The number of methoxy groups -OCH3 is 1. The predicted molar refractivity (Wildman–Crippen MR) is 128 cm³/mol. The third kappa shape index (κ3) is 4.38. The molecule has 2 saturated carbocycles. The lowest BCUT2D eigenvalue weighted by Gasteiger charge is -2.21. The molecule has 184 valence electrons. The summed E-state index contributed by atoms with van der Waals surface area (Å²) in [5.74, 6) is -1.18. The molecule has 3 aliphatic carbocycles. The molecule has 0 heterocycles. The van der Waals surface area contributed by atoms with Gasteiger partial charge in [-0.05, 0) is 47.4 Å². The summed E-state index contributed by atoms with van der Waals surface area (Å²) in [7, 11) is 1.49. The molecule has 3 N–H and O–H groups in total. The van der Waals surface area contributed by atoms with E-state index in [-0.39, 0.29) is 43.4 Å². The Hall–Kier alpha value is -3.39. The molecule has 0 aromatic heterocycles. The van der Waals surface area contributed by atoms with Gasteiger partial charge < -0.3 is 25.2 Å². The Kier molecular flexibility index (Phi) is 6.23. The summed E-state index contributed by atoms with van der Waals surface area (Å²) < 4.78 is 10.6. The van der Waals surface area contributed by atoms with Gasteiger partial charge in [0.25, 0.3) is 0 Å². The largest absolute Gasteiger partial charge is 0.480 e. The van der Waals surface area contributed by atoms with Crippen LogP contribution in [0.15, 0.2) is 48.5 Å². The van der Waals surface area contributed by atoms with Crippen LogP contribution in [-0.4, -0.2) is 55.5 Å². The van der Waals surface area contributed by atoms with Crippen LogP contribution in [0.3, 0.4) is 0 Å². The highest BCUT2D eigenvalue weighted by molar-refractivity contribution is 5.90. The zero-order valence-corrected chi connectivity index (χ0v) is 19.7. The second-order valence-electron chi connectivity index (χ2n) is 9.81. The van der Waals surface area contributed by atoms with Crippen molar-refractivity contribution >= 4 is 18.0 Å². The first kappa shape index (κ1) is 23.4. The first-order valence-electron chi connectivity index (χ1n) is 12.1. The first-order chi connectivity index (χ1) is 16.9. The highest BCUT2D eigenvalue weighted by Gasteiger charge is 2.65. The zero-order chi connectivity index (χ0) is 24.6. The summed E-state index contributed by atoms with van der Waals surface area (Å²) in [6, 6.07) is 15.2. The van der Waals surface area contributed by atoms with Crippen LogP contribution in [0.4, 0.5) is 4.79 Å². The number of carboxylic acids is 1. The molecule has 0 bridgehead atoms. The second-order valence-corrected chi connectivity index (χ2v) is 9.81. The molecule has 4 unspecified atom stereocenters. The van der Waals surface area contributed by atoms with Gasteiger partial charge in [0.1, 0.15) is 12.6 Å². The van der Waals surface area contributed by atoms with Crippen molar-refractivity contribution in [2.45, 2.75) is 43.7 Å². The monoisotopic (exact) mass is 478 g/mol. The molecule has 2 aromatic rings. The number of aliphatic carboxylic acids is 1. The first-order valence-corrected chi connectivity index (χ1v) is 12.1. The number of amides is 2. The molecule has 0 radical (unpaired) electrons. The van der Waals surface area contributed by atoms with Gasteiger partial charge in [-0.1, -0.05) is 48.5 Å². The van der Waals surface area contributed by atoms with Crippen molar-refractivity contribution in [1.29, 1.82) is 0 Å². The van der Waals surface area contributed by atoms with Crippen molar-refractivity contribution in [2.24, 2.45) is 11.3 Å². The number of carbonyl (C=O) groups excluding carboxylic acids is 2.